The van der Waals surface area contributed by atoms with Crippen molar-refractivity contribution in [2.45, 2.75) is 20.4 Å². The average Bonchev–Trinajstić information content (AvgIpc) is 2.97. The number of rotatable bonds is 4. The van der Waals surface area contributed by atoms with Gasteiger partial charge in [-0.05, 0) is 43.7 Å². The molecular formula is C20H20N2O2S. The standard InChI is InChI=1S/C20H20N2O2S/c1-4-22-18(15-8-6-5-7-9-15)14(2)25-20(22)21-19(23)16-10-12-17(24-3)13-11-16/h5-13H,4H2,1-3H3. The molecule has 0 aliphatic heterocycles. The largest absolute Gasteiger partial charge is 0.497 e. The Bertz CT molecular complexity index is 938. The van der Waals surface area contributed by atoms with E-state index in [2.05, 4.69) is 35.5 Å². The number of carbonyl (C=O) groups is 1. The second-order valence-corrected chi connectivity index (χ2v) is 6.73. The van der Waals surface area contributed by atoms with Gasteiger partial charge in [-0.1, -0.05) is 30.3 Å². The molecule has 0 unspecified atom stereocenters. The maximum Gasteiger partial charge on any atom is 0.279 e. The lowest BCUT2D eigenvalue weighted by Crippen LogP contribution is -2.17. The average molecular weight is 352 g/mol. The van der Waals surface area contributed by atoms with Gasteiger partial charge in [-0.25, -0.2) is 0 Å². The molecule has 1 heterocycles. The lowest BCUT2D eigenvalue weighted by molar-refractivity contribution is 0.0998. The predicted molar refractivity (Wildman–Crippen MR) is 101 cm³/mol. The van der Waals surface area contributed by atoms with Gasteiger partial charge >= 0.3 is 0 Å². The van der Waals surface area contributed by atoms with Gasteiger partial charge in [-0.15, -0.1) is 11.3 Å². The van der Waals surface area contributed by atoms with Crippen molar-refractivity contribution in [2.24, 2.45) is 4.99 Å². The summed E-state index contributed by atoms with van der Waals surface area (Å²) in [5, 5.41) is 0. The highest BCUT2D eigenvalue weighted by molar-refractivity contribution is 7.09. The maximum atomic E-state index is 12.5. The van der Waals surface area contributed by atoms with Crippen LogP contribution < -0.4 is 9.54 Å². The van der Waals surface area contributed by atoms with E-state index in [1.807, 2.05) is 18.2 Å². The van der Waals surface area contributed by atoms with Gasteiger partial charge in [0.1, 0.15) is 5.75 Å². The highest BCUT2D eigenvalue weighted by Gasteiger charge is 2.13. The Morgan fingerprint density at radius 3 is 2.40 bits per heavy atom. The van der Waals surface area contributed by atoms with E-state index in [-0.39, 0.29) is 5.91 Å². The number of aryl methyl sites for hydroxylation is 1. The van der Waals surface area contributed by atoms with Crippen molar-refractivity contribution < 1.29 is 9.53 Å². The minimum Gasteiger partial charge on any atom is -0.497 e. The van der Waals surface area contributed by atoms with Crippen LogP contribution in [0.5, 0.6) is 5.75 Å². The second kappa shape index (κ2) is 7.49. The zero-order valence-corrected chi connectivity index (χ0v) is 15.3. The molecule has 0 atom stereocenters. The summed E-state index contributed by atoms with van der Waals surface area (Å²) in [7, 11) is 1.60. The van der Waals surface area contributed by atoms with Crippen LogP contribution in [0.1, 0.15) is 22.2 Å². The van der Waals surface area contributed by atoms with E-state index < -0.39 is 0 Å². The van der Waals surface area contributed by atoms with Gasteiger partial charge in [-0.2, -0.15) is 4.99 Å². The molecule has 0 saturated heterocycles. The van der Waals surface area contributed by atoms with Crippen LogP contribution in [-0.2, 0) is 6.54 Å². The number of ether oxygens (including phenoxy) is 1. The molecule has 1 amide bonds. The quantitative estimate of drug-likeness (QED) is 0.703. The number of hydrogen-bond acceptors (Lipinski definition) is 3. The third-order valence-corrected chi connectivity index (χ3v) is 4.97. The fourth-order valence-electron chi connectivity index (χ4n) is 2.74. The van der Waals surface area contributed by atoms with Crippen molar-refractivity contribution in [2.75, 3.05) is 7.11 Å². The van der Waals surface area contributed by atoms with Crippen LogP contribution in [0, 0.1) is 6.92 Å². The highest BCUT2D eigenvalue weighted by atomic mass is 32.1. The number of hydrogen-bond donors (Lipinski definition) is 0. The third kappa shape index (κ3) is 3.56. The number of nitrogens with zero attached hydrogens (tertiary/aromatic N) is 2. The van der Waals surface area contributed by atoms with Gasteiger partial charge in [0.05, 0.1) is 12.8 Å². The van der Waals surface area contributed by atoms with E-state index in [0.29, 0.717) is 5.56 Å². The molecule has 3 rings (SSSR count). The molecule has 128 valence electrons. The molecule has 0 N–H and O–H groups in total. The number of methoxy groups -OCH3 is 1. The fourth-order valence-corrected chi connectivity index (χ4v) is 3.80. The normalized spacial score (nSPS) is 11.6. The maximum absolute atomic E-state index is 12.5. The van der Waals surface area contributed by atoms with Gasteiger partial charge < -0.3 is 9.30 Å². The van der Waals surface area contributed by atoms with Crippen molar-refractivity contribution >= 4 is 17.2 Å². The van der Waals surface area contributed by atoms with Crippen molar-refractivity contribution in [3.63, 3.8) is 0 Å². The lowest BCUT2D eigenvalue weighted by atomic mass is 10.1. The number of aromatic nitrogens is 1. The Balaban J connectivity index is 2.04. The topological polar surface area (TPSA) is 43.6 Å². The molecule has 0 bridgehead atoms. The molecule has 25 heavy (non-hydrogen) atoms. The minimum absolute atomic E-state index is 0.245. The van der Waals surface area contributed by atoms with E-state index in [0.717, 1.165) is 33.2 Å². The summed E-state index contributed by atoms with van der Waals surface area (Å²) in [6.45, 7) is 4.88. The van der Waals surface area contributed by atoms with Crippen LogP contribution in [-0.4, -0.2) is 17.6 Å². The third-order valence-electron chi connectivity index (χ3n) is 3.98. The van der Waals surface area contributed by atoms with Crippen LogP contribution in [0.4, 0.5) is 0 Å². The zero-order chi connectivity index (χ0) is 17.8. The van der Waals surface area contributed by atoms with Gasteiger partial charge in [0.2, 0.25) is 0 Å². The SMILES string of the molecule is CCn1c(-c2ccccc2)c(C)sc1=NC(=O)c1ccc(OC)cc1. The number of carbonyl (C=O) groups excluding carboxylic acids is 1. The molecule has 0 radical (unpaired) electrons. The Morgan fingerprint density at radius 1 is 1.12 bits per heavy atom. The van der Waals surface area contributed by atoms with Crippen LogP contribution in [0.2, 0.25) is 0 Å². The van der Waals surface area contributed by atoms with Gasteiger partial charge in [0.15, 0.2) is 4.80 Å². The molecule has 0 spiro atoms. The summed E-state index contributed by atoms with van der Waals surface area (Å²) in [6.07, 6.45) is 0. The Hall–Kier alpha value is -2.66. The number of benzene rings is 2. The molecular weight excluding hydrogens is 332 g/mol. The summed E-state index contributed by atoms with van der Waals surface area (Å²) in [4.78, 5) is 18.8. The molecule has 0 aliphatic rings. The molecule has 1 aromatic heterocycles. The van der Waals surface area contributed by atoms with Gasteiger partial charge in [0.25, 0.3) is 5.91 Å². The van der Waals surface area contributed by atoms with Crippen LogP contribution in [0.15, 0.2) is 59.6 Å². The Labute approximate surface area is 151 Å². The molecule has 0 aliphatic carbocycles. The van der Waals surface area contributed by atoms with Crippen LogP contribution in [0.3, 0.4) is 0 Å². The molecule has 0 saturated carbocycles. The van der Waals surface area contributed by atoms with Gasteiger partial charge in [-0.3, -0.25) is 4.79 Å². The van der Waals surface area contributed by atoms with Crippen molar-refractivity contribution in [3.8, 4) is 17.0 Å². The van der Waals surface area contributed by atoms with Crippen molar-refractivity contribution in [1.82, 2.24) is 4.57 Å². The molecule has 0 fully saturated rings. The monoisotopic (exact) mass is 352 g/mol. The summed E-state index contributed by atoms with van der Waals surface area (Å²) in [6, 6.07) is 17.2. The van der Waals surface area contributed by atoms with E-state index in [4.69, 9.17) is 4.74 Å². The van der Waals surface area contributed by atoms with E-state index in [9.17, 15) is 4.79 Å². The summed E-state index contributed by atoms with van der Waals surface area (Å²) in [5.41, 5.74) is 2.81. The molecule has 5 heteroatoms. The Kier molecular flexibility index (Phi) is 5.14. The first-order valence-electron chi connectivity index (χ1n) is 8.12. The van der Waals surface area contributed by atoms with Crippen LogP contribution in [0.25, 0.3) is 11.3 Å². The first kappa shape index (κ1) is 17.2. The van der Waals surface area contributed by atoms with Crippen molar-refractivity contribution in [3.05, 3.63) is 69.8 Å². The summed E-state index contributed by atoms with van der Waals surface area (Å²) < 4.78 is 7.22. The van der Waals surface area contributed by atoms with Crippen molar-refractivity contribution in [1.29, 1.82) is 0 Å². The lowest BCUT2D eigenvalue weighted by Gasteiger charge is -2.07. The Morgan fingerprint density at radius 2 is 1.80 bits per heavy atom. The number of amides is 1. The smallest absolute Gasteiger partial charge is 0.279 e. The zero-order valence-electron chi connectivity index (χ0n) is 14.5. The van der Waals surface area contributed by atoms with E-state index in [1.54, 1.807) is 42.7 Å². The summed E-state index contributed by atoms with van der Waals surface area (Å²) in [5.74, 6) is 0.476. The number of thiazole rings is 1. The first-order chi connectivity index (χ1) is 12.1. The molecule has 3 aromatic rings. The van der Waals surface area contributed by atoms with E-state index in [1.165, 1.54) is 0 Å². The second-order valence-electron chi connectivity index (χ2n) is 5.55. The minimum atomic E-state index is -0.245. The van der Waals surface area contributed by atoms with Crippen LogP contribution >= 0.6 is 11.3 Å². The first-order valence-corrected chi connectivity index (χ1v) is 8.94. The summed E-state index contributed by atoms with van der Waals surface area (Å²) >= 11 is 1.54. The molecule has 2 aromatic carbocycles. The predicted octanol–water partition coefficient (Wildman–Crippen LogP) is 4.29. The highest BCUT2D eigenvalue weighted by Crippen LogP contribution is 2.25. The fraction of sp³-hybridized carbons (Fsp3) is 0.200. The van der Waals surface area contributed by atoms with E-state index >= 15 is 0 Å². The van der Waals surface area contributed by atoms with Gasteiger partial charge in [0, 0.05) is 17.0 Å². The molecule has 4 nitrogen and oxygen atoms in total.